The highest BCUT2D eigenvalue weighted by molar-refractivity contribution is 5.85. The Labute approximate surface area is 77.5 Å². The summed E-state index contributed by atoms with van der Waals surface area (Å²) < 4.78 is 26.1. The normalized spacial score (nSPS) is 17.5. The monoisotopic (exact) mass is 190 g/mol. The molecule has 0 bridgehead atoms. The molecule has 0 heterocycles. The fourth-order valence-corrected chi connectivity index (χ4v) is 1.27. The van der Waals surface area contributed by atoms with Crippen LogP contribution in [0.2, 0.25) is 0 Å². The lowest BCUT2D eigenvalue weighted by molar-refractivity contribution is -0.144. The molecule has 1 fully saturated rings. The van der Waals surface area contributed by atoms with E-state index in [1.165, 1.54) is 0 Å². The highest BCUT2D eigenvalue weighted by Gasteiger charge is 2.40. The largest absolute Gasteiger partial charge is 0.305 e. The van der Waals surface area contributed by atoms with Crippen LogP contribution >= 0.6 is 0 Å². The van der Waals surface area contributed by atoms with Gasteiger partial charge in [0.15, 0.2) is 0 Å². The average molecular weight is 190 g/mol. The molecule has 0 spiro atoms. The smallest absolute Gasteiger partial charge is 0.293 e. The Kier molecular flexibility index (Phi) is 3.40. The van der Waals surface area contributed by atoms with E-state index >= 15 is 0 Å². The van der Waals surface area contributed by atoms with E-state index in [9.17, 15) is 13.6 Å². The molecule has 1 aliphatic carbocycles. The summed E-state index contributed by atoms with van der Waals surface area (Å²) in [6.45, 7) is 1.85. The molecule has 1 rings (SSSR count). The molecule has 0 N–H and O–H groups in total. The molecular formula is C10H16F2O. The van der Waals surface area contributed by atoms with Crippen LogP contribution in [0.5, 0.6) is 0 Å². The van der Waals surface area contributed by atoms with Crippen molar-refractivity contribution >= 4 is 5.78 Å². The topological polar surface area (TPSA) is 17.1 Å². The minimum Gasteiger partial charge on any atom is -0.293 e. The molecule has 0 amide bonds. The molecule has 0 atom stereocenters. The van der Waals surface area contributed by atoms with E-state index in [4.69, 9.17) is 0 Å². The van der Waals surface area contributed by atoms with Crippen molar-refractivity contribution in [2.45, 2.75) is 51.4 Å². The molecule has 0 unspecified atom stereocenters. The van der Waals surface area contributed by atoms with Crippen molar-refractivity contribution in [3.8, 4) is 0 Å². The van der Waals surface area contributed by atoms with Crippen molar-refractivity contribution in [3.05, 3.63) is 0 Å². The third-order valence-corrected chi connectivity index (χ3v) is 2.42. The summed E-state index contributed by atoms with van der Waals surface area (Å²) in [5.41, 5.74) is 0. The highest BCUT2D eigenvalue weighted by Crippen LogP contribution is 2.36. The molecular weight excluding hydrogens is 174 g/mol. The standard InChI is InChI=1S/C10H16F2O/c1-2-3-6-10(11,12)9(13)7-8-4-5-8/h8H,2-7H2,1H3. The predicted octanol–water partition coefficient (Wildman–Crippen LogP) is 3.18. The summed E-state index contributed by atoms with van der Waals surface area (Å²) in [7, 11) is 0. The SMILES string of the molecule is CCCCC(F)(F)C(=O)CC1CC1. The van der Waals surface area contributed by atoms with Gasteiger partial charge in [-0.3, -0.25) is 4.79 Å². The summed E-state index contributed by atoms with van der Waals surface area (Å²) in [6, 6.07) is 0. The van der Waals surface area contributed by atoms with Gasteiger partial charge in [0, 0.05) is 12.8 Å². The number of Topliss-reactive ketones (excluding diaryl/α,β-unsaturated/α-hetero) is 1. The lowest BCUT2D eigenvalue weighted by Gasteiger charge is -2.13. The molecule has 3 heteroatoms. The molecule has 1 aliphatic rings. The second kappa shape index (κ2) is 4.16. The van der Waals surface area contributed by atoms with Crippen LogP contribution in [0.1, 0.15) is 45.4 Å². The van der Waals surface area contributed by atoms with Crippen molar-refractivity contribution in [1.82, 2.24) is 0 Å². The molecule has 76 valence electrons. The second-order valence-corrected chi connectivity index (χ2v) is 3.88. The van der Waals surface area contributed by atoms with E-state index in [2.05, 4.69) is 0 Å². The maximum atomic E-state index is 13.0. The average Bonchev–Trinajstić information content (AvgIpc) is 2.84. The van der Waals surface area contributed by atoms with E-state index in [-0.39, 0.29) is 18.8 Å². The van der Waals surface area contributed by atoms with E-state index < -0.39 is 11.7 Å². The summed E-state index contributed by atoms with van der Waals surface area (Å²) in [6.07, 6.45) is 2.88. The number of hydrogen-bond acceptors (Lipinski definition) is 1. The number of ketones is 1. The Hall–Kier alpha value is -0.470. The third-order valence-electron chi connectivity index (χ3n) is 2.42. The van der Waals surface area contributed by atoms with E-state index in [0.717, 1.165) is 12.8 Å². The van der Waals surface area contributed by atoms with Gasteiger partial charge < -0.3 is 0 Å². The zero-order chi connectivity index (χ0) is 9.90. The van der Waals surface area contributed by atoms with Crippen molar-refractivity contribution in [2.24, 2.45) is 5.92 Å². The Morgan fingerprint density at radius 2 is 2.08 bits per heavy atom. The first-order chi connectivity index (χ1) is 6.06. The maximum Gasteiger partial charge on any atom is 0.305 e. The molecule has 1 saturated carbocycles. The summed E-state index contributed by atoms with van der Waals surface area (Å²) in [5.74, 6) is -3.64. The van der Waals surface area contributed by atoms with Crippen LogP contribution in [0.4, 0.5) is 8.78 Å². The molecule has 0 aromatic carbocycles. The number of halogens is 2. The highest BCUT2D eigenvalue weighted by atomic mass is 19.3. The maximum absolute atomic E-state index is 13.0. The fourth-order valence-electron chi connectivity index (χ4n) is 1.27. The molecule has 1 nitrogen and oxygen atoms in total. The van der Waals surface area contributed by atoms with Crippen molar-refractivity contribution in [2.75, 3.05) is 0 Å². The predicted molar refractivity (Wildman–Crippen MR) is 46.8 cm³/mol. The van der Waals surface area contributed by atoms with Gasteiger partial charge in [-0.2, -0.15) is 8.78 Å². The molecule has 13 heavy (non-hydrogen) atoms. The quantitative estimate of drug-likeness (QED) is 0.628. The van der Waals surface area contributed by atoms with Gasteiger partial charge in [-0.15, -0.1) is 0 Å². The first-order valence-electron chi connectivity index (χ1n) is 4.97. The minimum absolute atomic E-state index is 0.0940. The van der Waals surface area contributed by atoms with Gasteiger partial charge in [-0.05, 0) is 25.2 Å². The number of rotatable bonds is 6. The zero-order valence-electron chi connectivity index (χ0n) is 7.98. The van der Waals surface area contributed by atoms with Gasteiger partial charge in [-0.25, -0.2) is 0 Å². The summed E-state index contributed by atoms with van der Waals surface area (Å²) >= 11 is 0. The fraction of sp³-hybridized carbons (Fsp3) is 0.900. The Balaban J connectivity index is 2.31. The Bertz CT molecular complexity index is 185. The molecule has 0 saturated heterocycles. The van der Waals surface area contributed by atoms with Crippen LogP contribution in [0, 0.1) is 5.92 Å². The molecule has 0 aromatic rings. The van der Waals surface area contributed by atoms with Crippen LogP contribution in [-0.4, -0.2) is 11.7 Å². The van der Waals surface area contributed by atoms with Crippen LogP contribution in [0.3, 0.4) is 0 Å². The number of carbonyl (C=O) groups excluding carboxylic acids is 1. The lowest BCUT2D eigenvalue weighted by atomic mass is 10.0. The number of hydrogen-bond donors (Lipinski definition) is 0. The van der Waals surface area contributed by atoms with Gasteiger partial charge in [-0.1, -0.05) is 13.3 Å². The molecule has 0 aliphatic heterocycles. The second-order valence-electron chi connectivity index (χ2n) is 3.88. The number of carbonyl (C=O) groups is 1. The summed E-state index contributed by atoms with van der Waals surface area (Å²) in [4.78, 5) is 11.1. The van der Waals surface area contributed by atoms with E-state index in [0.29, 0.717) is 12.8 Å². The van der Waals surface area contributed by atoms with Crippen LogP contribution in [0.25, 0.3) is 0 Å². The van der Waals surface area contributed by atoms with Crippen LogP contribution < -0.4 is 0 Å². The first-order valence-corrected chi connectivity index (χ1v) is 4.97. The Morgan fingerprint density at radius 3 is 2.54 bits per heavy atom. The van der Waals surface area contributed by atoms with Crippen molar-refractivity contribution < 1.29 is 13.6 Å². The summed E-state index contributed by atoms with van der Waals surface area (Å²) in [5, 5.41) is 0. The number of unbranched alkanes of at least 4 members (excludes halogenated alkanes) is 1. The molecule has 0 aromatic heterocycles. The van der Waals surface area contributed by atoms with Crippen LogP contribution in [-0.2, 0) is 4.79 Å². The molecule has 0 radical (unpaired) electrons. The van der Waals surface area contributed by atoms with Gasteiger partial charge in [0.2, 0.25) is 5.78 Å². The van der Waals surface area contributed by atoms with Crippen LogP contribution in [0.15, 0.2) is 0 Å². The first kappa shape index (κ1) is 10.6. The lowest BCUT2D eigenvalue weighted by Crippen LogP contribution is -2.28. The van der Waals surface area contributed by atoms with Crippen molar-refractivity contribution in [3.63, 3.8) is 0 Å². The van der Waals surface area contributed by atoms with Crippen molar-refractivity contribution in [1.29, 1.82) is 0 Å². The van der Waals surface area contributed by atoms with E-state index in [1.807, 2.05) is 6.92 Å². The van der Waals surface area contributed by atoms with Gasteiger partial charge in [0.1, 0.15) is 0 Å². The van der Waals surface area contributed by atoms with Gasteiger partial charge in [0.25, 0.3) is 0 Å². The minimum atomic E-state index is -3.06. The van der Waals surface area contributed by atoms with Gasteiger partial charge in [0.05, 0.1) is 0 Å². The van der Waals surface area contributed by atoms with Gasteiger partial charge >= 0.3 is 5.92 Å². The zero-order valence-corrected chi connectivity index (χ0v) is 7.98. The van der Waals surface area contributed by atoms with E-state index in [1.54, 1.807) is 0 Å². The third kappa shape index (κ3) is 3.41. The number of alkyl halides is 2. The Morgan fingerprint density at radius 1 is 1.46 bits per heavy atom.